The summed E-state index contributed by atoms with van der Waals surface area (Å²) in [5, 5.41) is 6.58. The summed E-state index contributed by atoms with van der Waals surface area (Å²) < 4.78 is 11.2. The predicted molar refractivity (Wildman–Crippen MR) is 156 cm³/mol. The van der Waals surface area contributed by atoms with Gasteiger partial charge in [-0.2, -0.15) is 0 Å². The molecule has 0 saturated heterocycles. The average Bonchev–Trinajstić information content (AvgIpc) is 3.35. The van der Waals surface area contributed by atoms with Crippen molar-refractivity contribution in [2.75, 3.05) is 17.2 Å². The van der Waals surface area contributed by atoms with Crippen LogP contribution in [0.15, 0.2) is 84.9 Å². The third-order valence-corrected chi connectivity index (χ3v) is 7.86. The number of rotatable bonds is 9. The summed E-state index contributed by atoms with van der Waals surface area (Å²) in [6.07, 6.45) is 2.38. The number of carbonyl (C=O) groups excluding carboxylic acids is 3. The summed E-state index contributed by atoms with van der Waals surface area (Å²) in [6, 6.07) is 25.3. The molecule has 1 amide bonds. The van der Waals surface area contributed by atoms with Crippen LogP contribution in [0.2, 0.25) is 0 Å². The van der Waals surface area contributed by atoms with E-state index in [1.807, 2.05) is 42.5 Å². The van der Waals surface area contributed by atoms with Crippen LogP contribution in [-0.4, -0.2) is 24.5 Å². The highest BCUT2D eigenvalue weighted by molar-refractivity contribution is 7.17. The van der Waals surface area contributed by atoms with Crippen LogP contribution < -0.4 is 10.6 Å². The SMILES string of the molecule is CCOC(=O)c1c(NC(=O)C(OC(=O)c2ccccc2Nc2ccccc2)c2ccccc2)sc2c1CCCC2. The Bertz CT molecular complexity index is 1500. The van der Waals surface area contributed by atoms with Crippen LogP contribution in [0, 0.1) is 0 Å². The van der Waals surface area contributed by atoms with E-state index in [2.05, 4.69) is 10.6 Å². The largest absolute Gasteiger partial charge is 0.462 e. The van der Waals surface area contributed by atoms with Crippen LogP contribution in [0.1, 0.15) is 62.6 Å². The van der Waals surface area contributed by atoms with Gasteiger partial charge in [-0.15, -0.1) is 11.3 Å². The summed E-state index contributed by atoms with van der Waals surface area (Å²) in [5.41, 5.74) is 3.53. The van der Waals surface area contributed by atoms with Crippen LogP contribution in [0.5, 0.6) is 0 Å². The van der Waals surface area contributed by atoms with Gasteiger partial charge >= 0.3 is 11.9 Å². The molecule has 1 atom stereocenters. The van der Waals surface area contributed by atoms with E-state index >= 15 is 0 Å². The molecule has 1 aliphatic rings. The van der Waals surface area contributed by atoms with Crippen LogP contribution in [0.4, 0.5) is 16.4 Å². The molecule has 1 heterocycles. The number of carbonyl (C=O) groups is 3. The fourth-order valence-corrected chi connectivity index (χ4v) is 6.05. The average molecular weight is 555 g/mol. The van der Waals surface area contributed by atoms with Crippen LogP contribution in [-0.2, 0) is 27.1 Å². The van der Waals surface area contributed by atoms with Crippen LogP contribution in [0.3, 0.4) is 0 Å². The Kier molecular flexibility index (Phi) is 8.56. The first-order valence-electron chi connectivity index (χ1n) is 13.3. The molecule has 4 aromatic rings. The molecule has 0 spiro atoms. The number of aryl methyl sites for hydroxylation is 1. The Balaban J connectivity index is 1.44. The van der Waals surface area contributed by atoms with Gasteiger partial charge in [0.25, 0.3) is 5.91 Å². The first-order chi connectivity index (χ1) is 19.5. The number of nitrogens with one attached hydrogen (secondary N) is 2. The van der Waals surface area contributed by atoms with Crippen LogP contribution >= 0.6 is 11.3 Å². The Morgan fingerprint density at radius 1 is 0.850 bits per heavy atom. The van der Waals surface area contributed by atoms with E-state index < -0.39 is 23.9 Å². The molecule has 204 valence electrons. The minimum Gasteiger partial charge on any atom is -0.462 e. The van der Waals surface area contributed by atoms with Crippen molar-refractivity contribution in [3.8, 4) is 0 Å². The van der Waals surface area contributed by atoms with Crippen molar-refractivity contribution in [3.05, 3.63) is 112 Å². The maximum Gasteiger partial charge on any atom is 0.341 e. The van der Waals surface area contributed by atoms with Gasteiger partial charge in [-0.3, -0.25) is 4.79 Å². The minimum absolute atomic E-state index is 0.234. The molecule has 1 unspecified atom stereocenters. The van der Waals surface area contributed by atoms with E-state index in [9.17, 15) is 14.4 Å². The second-order valence-electron chi connectivity index (χ2n) is 9.36. The highest BCUT2D eigenvalue weighted by atomic mass is 32.1. The van der Waals surface area contributed by atoms with Gasteiger partial charge in [-0.1, -0.05) is 60.7 Å². The lowest BCUT2D eigenvalue weighted by molar-refractivity contribution is -0.125. The van der Waals surface area contributed by atoms with E-state index in [1.54, 1.807) is 49.4 Å². The van der Waals surface area contributed by atoms with Gasteiger partial charge in [0.1, 0.15) is 5.00 Å². The Hall–Kier alpha value is -4.43. The highest BCUT2D eigenvalue weighted by Crippen LogP contribution is 2.39. The topological polar surface area (TPSA) is 93.7 Å². The number of anilines is 3. The third kappa shape index (κ3) is 6.07. The highest BCUT2D eigenvalue weighted by Gasteiger charge is 2.31. The molecule has 0 aliphatic heterocycles. The number of esters is 2. The Labute approximate surface area is 237 Å². The summed E-state index contributed by atoms with van der Waals surface area (Å²) >= 11 is 1.39. The molecule has 0 fully saturated rings. The minimum atomic E-state index is -1.24. The molecule has 40 heavy (non-hydrogen) atoms. The first kappa shape index (κ1) is 27.1. The molecule has 1 aromatic heterocycles. The molecule has 0 radical (unpaired) electrons. The van der Waals surface area contributed by atoms with Gasteiger partial charge in [-0.05, 0) is 62.4 Å². The standard InChI is InChI=1S/C32H30N2O5S/c1-2-38-32(37)27-24-18-10-12-20-26(24)40-30(27)34-29(35)28(21-13-5-3-6-14-21)39-31(36)23-17-9-11-19-25(23)33-22-15-7-4-8-16-22/h3-9,11,13-17,19,28,33H,2,10,12,18,20H2,1H3,(H,34,35). The number of hydrogen-bond acceptors (Lipinski definition) is 7. The Morgan fingerprint density at radius 3 is 2.27 bits per heavy atom. The van der Waals surface area contributed by atoms with Gasteiger partial charge < -0.3 is 20.1 Å². The maximum atomic E-state index is 13.8. The zero-order valence-electron chi connectivity index (χ0n) is 22.1. The number of amides is 1. The van der Waals surface area contributed by atoms with E-state index in [-0.39, 0.29) is 6.61 Å². The number of para-hydroxylation sites is 2. The summed E-state index contributed by atoms with van der Waals surface area (Å²) in [6.45, 7) is 1.99. The monoisotopic (exact) mass is 554 g/mol. The molecule has 5 rings (SSSR count). The zero-order valence-corrected chi connectivity index (χ0v) is 23.0. The number of hydrogen-bond donors (Lipinski definition) is 2. The molecular weight excluding hydrogens is 524 g/mol. The van der Waals surface area contributed by atoms with Gasteiger partial charge in [0.15, 0.2) is 0 Å². The number of benzene rings is 3. The molecule has 7 nitrogen and oxygen atoms in total. The van der Waals surface area contributed by atoms with Gasteiger partial charge in [0, 0.05) is 16.1 Å². The number of fused-ring (bicyclic) bond motifs is 1. The normalized spacial score (nSPS) is 13.0. The van der Waals surface area contributed by atoms with Crippen molar-refractivity contribution in [3.63, 3.8) is 0 Å². The van der Waals surface area contributed by atoms with Crippen molar-refractivity contribution in [2.45, 2.75) is 38.7 Å². The van der Waals surface area contributed by atoms with Gasteiger partial charge in [0.05, 0.1) is 23.4 Å². The molecule has 8 heteroatoms. The van der Waals surface area contributed by atoms with Gasteiger partial charge in [0.2, 0.25) is 6.10 Å². The van der Waals surface area contributed by atoms with E-state index in [0.29, 0.717) is 27.4 Å². The smallest absolute Gasteiger partial charge is 0.341 e. The lowest BCUT2D eigenvalue weighted by atomic mass is 9.95. The molecule has 1 aliphatic carbocycles. The van der Waals surface area contributed by atoms with Gasteiger partial charge in [-0.25, -0.2) is 9.59 Å². The van der Waals surface area contributed by atoms with Crippen LogP contribution in [0.25, 0.3) is 0 Å². The molecule has 2 N–H and O–H groups in total. The van der Waals surface area contributed by atoms with E-state index in [4.69, 9.17) is 9.47 Å². The number of thiophene rings is 1. The summed E-state index contributed by atoms with van der Waals surface area (Å²) in [7, 11) is 0. The van der Waals surface area contributed by atoms with Crippen molar-refractivity contribution in [2.24, 2.45) is 0 Å². The molecule has 0 saturated carbocycles. The number of ether oxygens (including phenoxy) is 2. The maximum absolute atomic E-state index is 13.8. The summed E-state index contributed by atoms with van der Waals surface area (Å²) in [5.74, 6) is -1.65. The second kappa shape index (κ2) is 12.6. The molecule has 3 aromatic carbocycles. The third-order valence-electron chi connectivity index (χ3n) is 6.65. The Morgan fingerprint density at radius 2 is 1.52 bits per heavy atom. The predicted octanol–water partition coefficient (Wildman–Crippen LogP) is 7.08. The van der Waals surface area contributed by atoms with E-state index in [0.717, 1.165) is 41.8 Å². The summed E-state index contributed by atoms with van der Waals surface area (Å²) in [4.78, 5) is 41.2. The molecular formula is C32H30N2O5S. The second-order valence-corrected chi connectivity index (χ2v) is 10.5. The lowest BCUT2D eigenvalue weighted by Gasteiger charge is -2.19. The molecule has 0 bridgehead atoms. The first-order valence-corrected chi connectivity index (χ1v) is 14.2. The van der Waals surface area contributed by atoms with Crippen molar-refractivity contribution in [1.82, 2.24) is 0 Å². The zero-order chi connectivity index (χ0) is 27.9. The fourth-order valence-electron chi connectivity index (χ4n) is 4.77. The van der Waals surface area contributed by atoms with Crippen molar-refractivity contribution < 1.29 is 23.9 Å². The van der Waals surface area contributed by atoms with Crippen molar-refractivity contribution >= 4 is 45.6 Å². The van der Waals surface area contributed by atoms with Crippen molar-refractivity contribution in [1.29, 1.82) is 0 Å². The lowest BCUT2D eigenvalue weighted by Crippen LogP contribution is -2.26. The quantitative estimate of drug-likeness (QED) is 0.215. The fraction of sp³-hybridized carbons (Fsp3) is 0.219. The van der Waals surface area contributed by atoms with E-state index in [1.165, 1.54) is 11.3 Å².